The average Bonchev–Trinajstić information content (AvgIpc) is 3.01. The molecule has 10 nitrogen and oxygen atoms in total. The van der Waals surface area contributed by atoms with Crippen LogP contribution in [-0.4, -0.2) is 66.2 Å². The molecule has 1 saturated heterocycles. The van der Waals surface area contributed by atoms with E-state index in [4.69, 9.17) is 9.47 Å². The van der Waals surface area contributed by atoms with Gasteiger partial charge in [0.15, 0.2) is 6.23 Å². The summed E-state index contributed by atoms with van der Waals surface area (Å²) < 4.78 is 11.3. The number of imide groups is 1. The van der Waals surface area contributed by atoms with E-state index in [9.17, 15) is 19.2 Å². The molecule has 0 aromatic heterocycles. The Labute approximate surface area is 255 Å². The van der Waals surface area contributed by atoms with Gasteiger partial charge < -0.3 is 25.0 Å². The Morgan fingerprint density at radius 2 is 1.67 bits per heavy atom. The van der Waals surface area contributed by atoms with Crippen molar-refractivity contribution in [3.05, 3.63) is 71.3 Å². The zero-order valence-corrected chi connectivity index (χ0v) is 26.1. The van der Waals surface area contributed by atoms with Gasteiger partial charge in [0.1, 0.15) is 13.2 Å². The lowest BCUT2D eigenvalue weighted by atomic mass is 9.72. The first kappa shape index (κ1) is 33.6. The van der Waals surface area contributed by atoms with Gasteiger partial charge in [0.05, 0.1) is 11.5 Å². The first-order valence-corrected chi connectivity index (χ1v) is 15.2. The van der Waals surface area contributed by atoms with E-state index < -0.39 is 23.8 Å². The van der Waals surface area contributed by atoms with Crippen LogP contribution in [0.3, 0.4) is 0 Å². The van der Waals surface area contributed by atoms with Crippen LogP contribution in [0.4, 0.5) is 9.59 Å². The van der Waals surface area contributed by atoms with Crippen LogP contribution in [0.15, 0.2) is 54.6 Å². The Morgan fingerprint density at radius 3 is 2.28 bits per heavy atom. The summed E-state index contributed by atoms with van der Waals surface area (Å²) in [5, 5.41) is 5.68. The number of nitrogens with one attached hydrogen (secondary N) is 2. The minimum atomic E-state index is -0.872. The van der Waals surface area contributed by atoms with E-state index in [1.807, 2.05) is 89.2 Å². The molecule has 0 radical (unpaired) electrons. The highest BCUT2D eigenvalue weighted by molar-refractivity contribution is 6.03. The second-order valence-electron chi connectivity index (χ2n) is 10.9. The van der Waals surface area contributed by atoms with Gasteiger partial charge in [-0.15, -0.1) is 0 Å². The average molecular weight is 595 g/mol. The second-order valence-corrected chi connectivity index (χ2v) is 10.9. The van der Waals surface area contributed by atoms with Crippen LogP contribution >= 0.6 is 0 Å². The normalized spacial score (nSPS) is 16.2. The van der Waals surface area contributed by atoms with Crippen molar-refractivity contribution in [2.24, 2.45) is 5.41 Å². The van der Waals surface area contributed by atoms with Crippen LogP contribution in [0, 0.1) is 12.3 Å². The number of alkyl carbamates (subject to hydrolysis) is 1. The van der Waals surface area contributed by atoms with Crippen LogP contribution in [-0.2, 0) is 25.7 Å². The molecule has 1 unspecified atom stereocenters. The number of likely N-dealkylation sites (N-methyl/N-ethyl adjacent to an activating group) is 1. The summed E-state index contributed by atoms with van der Waals surface area (Å²) in [6, 6.07) is 16.5. The highest BCUT2D eigenvalue weighted by Crippen LogP contribution is 2.46. The van der Waals surface area contributed by atoms with Crippen molar-refractivity contribution < 1.29 is 28.7 Å². The molecule has 2 aromatic rings. The molecule has 1 aliphatic heterocycles. The first-order chi connectivity index (χ1) is 20.7. The third kappa shape index (κ3) is 8.34. The molecule has 0 aliphatic carbocycles. The van der Waals surface area contributed by atoms with Crippen LogP contribution < -0.4 is 10.6 Å². The van der Waals surface area contributed by atoms with Crippen molar-refractivity contribution in [2.75, 3.05) is 26.2 Å². The fraction of sp³-hybridized carbons (Fsp3) is 0.515. The number of ether oxygens (including phenoxy) is 2. The van der Waals surface area contributed by atoms with Gasteiger partial charge in [0.25, 0.3) is 0 Å². The maximum absolute atomic E-state index is 13.4. The van der Waals surface area contributed by atoms with E-state index >= 15 is 0 Å². The molecular formula is C33H46N4O6. The highest BCUT2D eigenvalue weighted by atomic mass is 16.5. The second kappa shape index (κ2) is 16.1. The standard InChI is InChI=1S/C33H46N4O6/c1-6-13-27(26-18-16-24(5)17-19-26)35-31(40)37-29(39)33(7-2,8-3)30(37)42-23-28(38)36(9-4)21-20-34-32(41)43-22-25-14-11-10-12-15-25/h10-12,14-19,27,30H,6-9,13,20-23H2,1-5H3,(H,34,41)(H,35,40)/t27-,30?/m1/s1. The van der Waals surface area contributed by atoms with Gasteiger partial charge in [0.2, 0.25) is 11.8 Å². The summed E-state index contributed by atoms with van der Waals surface area (Å²) in [6.45, 7) is 10.4. The summed E-state index contributed by atoms with van der Waals surface area (Å²) in [6.07, 6.45) is 1.10. The molecule has 1 aliphatic rings. The molecule has 5 amide bonds. The molecule has 1 heterocycles. The fourth-order valence-electron chi connectivity index (χ4n) is 5.36. The summed E-state index contributed by atoms with van der Waals surface area (Å²) in [7, 11) is 0. The number of aryl methyl sites for hydroxylation is 1. The molecule has 0 bridgehead atoms. The number of amides is 5. The lowest BCUT2D eigenvalue weighted by Gasteiger charge is -2.53. The molecule has 2 aromatic carbocycles. The molecule has 3 rings (SSSR count). The minimum absolute atomic E-state index is 0.155. The van der Waals surface area contributed by atoms with Crippen molar-refractivity contribution >= 4 is 23.9 Å². The number of carbonyl (C=O) groups excluding carboxylic acids is 4. The quantitative estimate of drug-likeness (QED) is 0.270. The molecule has 43 heavy (non-hydrogen) atoms. The number of β-lactam (4-membered cyclic amide) rings is 1. The maximum Gasteiger partial charge on any atom is 0.407 e. The van der Waals surface area contributed by atoms with E-state index in [0.29, 0.717) is 25.8 Å². The monoisotopic (exact) mass is 594 g/mol. The van der Waals surface area contributed by atoms with E-state index in [2.05, 4.69) is 10.6 Å². The van der Waals surface area contributed by atoms with Gasteiger partial charge in [-0.1, -0.05) is 87.4 Å². The smallest absolute Gasteiger partial charge is 0.407 e. The summed E-state index contributed by atoms with van der Waals surface area (Å²) in [5.41, 5.74) is 2.10. The van der Waals surface area contributed by atoms with Crippen LogP contribution in [0.1, 0.15) is 76.1 Å². The third-order valence-corrected chi connectivity index (χ3v) is 8.15. The maximum atomic E-state index is 13.4. The predicted molar refractivity (Wildman–Crippen MR) is 164 cm³/mol. The van der Waals surface area contributed by atoms with E-state index in [1.165, 1.54) is 0 Å². The van der Waals surface area contributed by atoms with Gasteiger partial charge in [-0.25, -0.2) is 14.5 Å². The third-order valence-electron chi connectivity index (χ3n) is 8.15. The molecule has 0 saturated carbocycles. The number of urea groups is 1. The first-order valence-electron chi connectivity index (χ1n) is 15.2. The molecule has 2 N–H and O–H groups in total. The zero-order valence-electron chi connectivity index (χ0n) is 26.1. The highest BCUT2D eigenvalue weighted by Gasteiger charge is 2.62. The van der Waals surface area contributed by atoms with Crippen molar-refractivity contribution in [1.29, 1.82) is 0 Å². The number of hydrogen-bond donors (Lipinski definition) is 2. The molecule has 0 spiro atoms. The molecule has 234 valence electrons. The summed E-state index contributed by atoms with van der Waals surface area (Å²) in [5.74, 6) is -0.594. The van der Waals surface area contributed by atoms with E-state index in [0.717, 1.165) is 28.0 Å². The van der Waals surface area contributed by atoms with Gasteiger partial charge in [0, 0.05) is 19.6 Å². The van der Waals surface area contributed by atoms with Gasteiger partial charge >= 0.3 is 12.1 Å². The number of likely N-dealkylation sites (tertiary alicyclic amines) is 1. The van der Waals surface area contributed by atoms with E-state index in [1.54, 1.807) is 4.90 Å². The van der Waals surface area contributed by atoms with Crippen LogP contribution in [0.2, 0.25) is 0 Å². The Balaban J connectivity index is 1.57. The zero-order chi connectivity index (χ0) is 31.4. The van der Waals surface area contributed by atoms with Crippen molar-refractivity contribution in [1.82, 2.24) is 20.4 Å². The van der Waals surface area contributed by atoms with Gasteiger partial charge in [-0.2, -0.15) is 0 Å². The molecular weight excluding hydrogens is 548 g/mol. The number of hydrogen-bond acceptors (Lipinski definition) is 6. The molecule has 1 fully saturated rings. The Hall–Kier alpha value is -3.92. The van der Waals surface area contributed by atoms with Gasteiger partial charge in [-0.3, -0.25) is 9.59 Å². The Bertz CT molecular complexity index is 1220. The van der Waals surface area contributed by atoms with E-state index in [-0.39, 0.29) is 44.2 Å². The van der Waals surface area contributed by atoms with Crippen molar-refractivity contribution in [2.45, 2.75) is 79.2 Å². The Kier molecular flexibility index (Phi) is 12.5. The van der Waals surface area contributed by atoms with Crippen molar-refractivity contribution in [3.8, 4) is 0 Å². The fourth-order valence-corrected chi connectivity index (χ4v) is 5.36. The molecule has 10 heteroatoms. The number of benzene rings is 2. The largest absolute Gasteiger partial charge is 0.445 e. The predicted octanol–water partition coefficient (Wildman–Crippen LogP) is 5.31. The SMILES string of the molecule is CCC[C@@H](NC(=O)N1C(=O)C(CC)(CC)C1OCC(=O)N(CC)CCNC(=O)OCc1ccccc1)c1ccc(C)cc1. The van der Waals surface area contributed by atoms with Crippen molar-refractivity contribution in [3.63, 3.8) is 0 Å². The number of carbonyl (C=O) groups is 4. The lowest BCUT2D eigenvalue weighted by molar-refractivity contribution is -0.212. The summed E-state index contributed by atoms with van der Waals surface area (Å²) >= 11 is 0. The minimum Gasteiger partial charge on any atom is -0.445 e. The molecule has 2 atom stereocenters. The lowest BCUT2D eigenvalue weighted by Crippen LogP contribution is -2.72. The topological polar surface area (TPSA) is 117 Å². The summed E-state index contributed by atoms with van der Waals surface area (Å²) in [4.78, 5) is 54.6. The number of nitrogens with zero attached hydrogens (tertiary/aromatic N) is 2. The Morgan fingerprint density at radius 1 is 1.00 bits per heavy atom. The van der Waals surface area contributed by atoms with Crippen LogP contribution in [0.25, 0.3) is 0 Å². The van der Waals surface area contributed by atoms with Gasteiger partial charge in [-0.05, 0) is 44.2 Å². The number of rotatable bonds is 15. The van der Waals surface area contributed by atoms with Crippen LogP contribution in [0.5, 0.6) is 0 Å².